The first-order valence-corrected chi connectivity index (χ1v) is 16.7. The molecule has 33 heavy (non-hydrogen) atoms. The summed E-state index contributed by atoms with van der Waals surface area (Å²) in [5, 5.41) is 0. The van der Waals surface area contributed by atoms with Gasteiger partial charge in [0.05, 0.1) is 0 Å². The van der Waals surface area contributed by atoms with Crippen LogP contribution in [-0.2, 0) is 26.6 Å². The molecule has 0 radical (unpaired) electrons. The molecule has 0 spiro atoms. The van der Waals surface area contributed by atoms with Gasteiger partial charge in [0, 0.05) is 53.2 Å². The van der Waals surface area contributed by atoms with Gasteiger partial charge in [0.1, 0.15) is 0 Å². The molecule has 0 aliphatic carbocycles. The van der Waals surface area contributed by atoms with Gasteiger partial charge in [-0.05, 0) is 72.9 Å². The molecule has 0 N–H and O–H groups in total. The standard InChI is InChI=1S/C13H31NO3Si.C10H25NO3Si/c1-6-14(7-2)12-11-13-18(15-8-3,16-9-4)17-10-5;1-6-11(7-2)9-8-10-15(12-3,13-4)14-5/h6-13H2,1-5H3;6-10H2,1-5H3. The molecule has 0 bridgehead atoms. The first-order valence-electron chi connectivity index (χ1n) is 12.9. The summed E-state index contributed by atoms with van der Waals surface area (Å²) in [7, 11) is 0.239. The van der Waals surface area contributed by atoms with Gasteiger partial charge in [0.15, 0.2) is 0 Å². The number of hydrogen-bond donors (Lipinski definition) is 0. The molecule has 0 rings (SSSR count). The zero-order valence-corrected chi connectivity index (χ0v) is 25.5. The Morgan fingerprint density at radius 1 is 0.485 bits per heavy atom. The second kappa shape index (κ2) is 22.6. The van der Waals surface area contributed by atoms with Crippen LogP contribution < -0.4 is 0 Å². The van der Waals surface area contributed by atoms with Crippen molar-refractivity contribution >= 4 is 17.6 Å². The van der Waals surface area contributed by atoms with Crippen LogP contribution in [0.25, 0.3) is 0 Å². The third kappa shape index (κ3) is 15.7. The molecule has 202 valence electrons. The van der Waals surface area contributed by atoms with E-state index in [0.29, 0.717) is 19.8 Å². The lowest BCUT2D eigenvalue weighted by Gasteiger charge is -2.29. The Bertz CT molecular complexity index is 387. The Hall–Kier alpha value is 0.114. The maximum absolute atomic E-state index is 5.84. The summed E-state index contributed by atoms with van der Waals surface area (Å²) in [6.45, 7) is 23.3. The highest BCUT2D eigenvalue weighted by molar-refractivity contribution is 6.61. The molecule has 0 unspecified atom stereocenters. The fraction of sp³-hybridized carbons (Fsp3) is 1.00. The molecule has 10 heteroatoms. The molecule has 0 aliphatic rings. The predicted molar refractivity (Wildman–Crippen MR) is 142 cm³/mol. The summed E-state index contributed by atoms with van der Waals surface area (Å²) in [5.41, 5.74) is 0. The van der Waals surface area contributed by atoms with Crippen LogP contribution in [-0.4, -0.2) is 108 Å². The highest BCUT2D eigenvalue weighted by Gasteiger charge is 2.39. The van der Waals surface area contributed by atoms with Crippen LogP contribution in [0.1, 0.15) is 61.3 Å². The van der Waals surface area contributed by atoms with Crippen LogP contribution in [0.3, 0.4) is 0 Å². The minimum atomic E-state index is -2.41. The fourth-order valence-corrected chi connectivity index (χ4v) is 7.97. The molecule has 8 nitrogen and oxygen atoms in total. The van der Waals surface area contributed by atoms with Crippen molar-refractivity contribution in [1.82, 2.24) is 9.80 Å². The summed E-state index contributed by atoms with van der Waals surface area (Å²) in [6, 6.07) is 1.80. The van der Waals surface area contributed by atoms with E-state index in [2.05, 4.69) is 37.5 Å². The van der Waals surface area contributed by atoms with Crippen molar-refractivity contribution in [3.05, 3.63) is 0 Å². The van der Waals surface area contributed by atoms with Crippen LogP contribution in [0.2, 0.25) is 12.1 Å². The molecule has 0 saturated carbocycles. The Morgan fingerprint density at radius 3 is 1.03 bits per heavy atom. The monoisotopic (exact) mass is 512 g/mol. The van der Waals surface area contributed by atoms with Crippen LogP contribution in [0, 0.1) is 0 Å². The van der Waals surface area contributed by atoms with Gasteiger partial charge in [-0.3, -0.25) is 0 Å². The van der Waals surface area contributed by atoms with E-state index in [1.54, 1.807) is 21.3 Å². The summed E-state index contributed by atoms with van der Waals surface area (Å²) in [5.74, 6) is 0. The van der Waals surface area contributed by atoms with Crippen molar-refractivity contribution in [3.8, 4) is 0 Å². The highest BCUT2D eigenvalue weighted by atomic mass is 28.4. The second-order valence-electron chi connectivity index (χ2n) is 7.54. The number of nitrogens with zero attached hydrogens (tertiary/aromatic N) is 2. The van der Waals surface area contributed by atoms with Crippen LogP contribution in [0.4, 0.5) is 0 Å². The van der Waals surface area contributed by atoms with E-state index in [9.17, 15) is 0 Å². The van der Waals surface area contributed by atoms with E-state index in [-0.39, 0.29) is 0 Å². The molecular weight excluding hydrogens is 456 g/mol. The lowest BCUT2D eigenvalue weighted by Crippen LogP contribution is -2.46. The van der Waals surface area contributed by atoms with Gasteiger partial charge in [0.25, 0.3) is 0 Å². The maximum Gasteiger partial charge on any atom is 0.500 e. The fourth-order valence-electron chi connectivity index (χ4n) is 3.68. The van der Waals surface area contributed by atoms with E-state index in [1.165, 1.54) is 0 Å². The molecule has 0 amide bonds. The van der Waals surface area contributed by atoms with E-state index in [1.807, 2.05) is 20.8 Å². The molecule has 0 atom stereocenters. The number of hydrogen-bond acceptors (Lipinski definition) is 8. The van der Waals surface area contributed by atoms with Gasteiger partial charge in [-0.1, -0.05) is 27.7 Å². The lowest BCUT2D eigenvalue weighted by atomic mass is 10.4. The van der Waals surface area contributed by atoms with Gasteiger partial charge in [-0.15, -0.1) is 0 Å². The first kappa shape index (κ1) is 35.3. The van der Waals surface area contributed by atoms with E-state index in [4.69, 9.17) is 26.6 Å². The zero-order valence-electron chi connectivity index (χ0n) is 23.5. The van der Waals surface area contributed by atoms with Crippen molar-refractivity contribution in [3.63, 3.8) is 0 Å². The maximum atomic E-state index is 5.84. The van der Waals surface area contributed by atoms with Crippen molar-refractivity contribution < 1.29 is 26.6 Å². The molecule has 0 heterocycles. The average Bonchev–Trinajstić information content (AvgIpc) is 2.83. The Labute approximate surface area is 207 Å². The molecule has 0 saturated heterocycles. The summed E-state index contributed by atoms with van der Waals surface area (Å²) in [6.07, 6.45) is 2.14. The summed E-state index contributed by atoms with van der Waals surface area (Å²) < 4.78 is 33.6. The van der Waals surface area contributed by atoms with Gasteiger partial charge >= 0.3 is 17.6 Å². The SMILES string of the molecule is CCN(CC)CCC[Si](OC)(OC)OC.CCO[Si](CCCN(CC)CC)(OCC)OCC. The third-order valence-electron chi connectivity index (χ3n) is 5.73. The quantitative estimate of drug-likeness (QED) is 0.210. The van der Waals surface area contributed by atoms with Gasteiger partial charge in [0.2, 0.25) is 0 Å². The van der Waals surface area contributed by atoms with Crippen LogP contribution >= 0.6 is 0 Å². The van der Waals surface area contributed by atoms with Crippen molar-refractivity contribution in [2.24, 2.45) is 0 Å². The Balaban J connectivity index is 0. The van der Waals surface area contributed by atoms with Crippen molar-refractivity contribution in [1.29, 1.82) is 0 Å². The summed E-state index contributed by atoms with van der Waals surface area (Å²) >= 11 is 0. The van der Waals surface area contributed by atoms with Gasteiger partial charge in [-0.2, -0.15) is 0 Å². The topological polar surface area (TPSA) is 61.9 Å². The van der Waals surface area contributed by atoms with E-state index < -0.39 is 17.6 Å². The zero-order chi connectivity index (χ0) is 25.6. The molecular formula is C23H56N2O6Si2. The highest BCUT2D eigenvalue weighted by Crippen LogP contribution is 2.18. The molecule has 0 fully saturated rings. The summed E-state index contributed by atoms with van der Waals surface area (Å²) in [4.78, 5) is 4.81. The number of rotatable bonds is 21. The molecule has 0 aliphatic heterocycles. The van der Waals surface area contributed by atoms with E-state index in [0.717, 1.165) is 64.2 Å². The Morgan fingerprint density at radius 2 is 0.788 bits per heavy atom. The van der Waals surface area contributed by atoms with Crippen LogP contribution in [0.15, 0.2) is 0 Å². The first-order chi connectivity index (χ1) is 15.8. The molecule has 0 aromatic heterocycles. The average molecular weight is 513 g/mol. The third-order valence-corrected chi connectivity index (χ3v) is 11.7. The minimum absolute atomic E-state index is 0.664. The van der Waals surface area contributed by atoms with Crippen LogP contribution in [0.5, 0.6) is 0 Å². The largest absolute Gasteiger partial charge is 0.500 e. The van der Waals surface area contributed by atoms with Gasteiger partial charge < -0.3 is 36.4 Å². The molecule has 0 aromatic carbocycles. The normalized spacial score (nSPS) is 12.4. The second-order valence-corrected chi connectivity index (χ2v) is 13.4. The van der Waals surface area contributed by atoms with Crippen molar-refractivity contribution in [2.75, 3.05) is 80.4 Å². The smallest absolute Gasteiger partial charge is 0.377 e. The van der Waals surface area contributed by atoms with Gasteiger partial charge in [-0.25, -0.2) is 0 Å². The predicted octanol–water partition coefficient (Wildman–Crippen LogP) is 4.36. The minimum Gasteiger partial charge on any atom is -0.377 e. The Kier molecular flexibility index (Phi) is 24.1. The van der Waals surface area contributed by atoms with E-state index >= 15 is 0 Å². The lowest BCUT2D eigenvalue weighted by molar-refractivity contribution is 0.0700. The molecule has 0 aromatic rings. The van der Waals surface area contributed by atoms with Crippen molar-refractivity contribution in [2.45, 2.75) is 73.4 Å².